The molecule has 0 amide bonds. The third-order valence-corrected chi connectivity index (χ3v) is 2.66. The lowest BCUT2D eigenvalue weighted by atomic mass is 10.1. The summed E-state index contributed by atoms with van der Waals surface area (Å²) in [6.07, 6.45) is 1.68. The van der Waals surface area contributed by atoms with Crippen molar-refractivity contribution in [3.05, 3.63) is 66.9 Å². The molecular weight excluding hydrogens is 222 g/mol. The minimum absolute atomic E-state index is 0.650. The molecule has 0 aliphatic rings. The first-order chi connectivity index (χ1) is 8.93. The zero-order valence-electron chi connectivity index (χ0n) is 9.69. The standard InChI is InChI=1S/C15H11N3/c1-3-7-12(8-4-1)14-11-16-18-15(17-14)13-9-5-2-6-10-13/h1-11H. The van der Waals surface area contributed by atoms with Gasteiger partial charge in [-0.05, 0) is 0 Å². The normalized spacial score (nSPS) is 10.2. The second kappa shape index (κ2) is 4.75. The number of aromatic nitrogens is 3. The van der Waals surface area contributed by atoms with Crippen molar-refractivity contribution < 1.29 is 0 Å². The van der Waals surface area contributed by atoms with E-state index in [9.17, 15) is 0 Å². The zero-order valence-corrected chi connectivity index (χ0v) is 9.69. The van der Waals surface area contributed by atoms with Gasteiger partial charge in [0.05, 0.1) is 11.9 Å². The Labute approximate surface area is 105 Å². The number of hydrogen-bond donors (Lipinski definition) is 0. The molecule has 0 bridgehead atoms. The largest absolute Gasteiger partial charge is 0.225 e. The molecule has 2 aromatic carbocycles. The van der Waals surface area contributed by atoms with Gasteiger partial charge in [-0.15, -0.1) is 5.10 Å². The first-order valence-corrected chi connectivity index (χ1v) is 5.74. The third-order valence-electron chi connectivity index (χ3n) is 2.66. The van der Waals surface area contributed by atoms with E-state index in [1.54, 1.807) is 6.20 Å². The number of rotatable bonds is 2. The summed E-state index contributed by atoms with van der Waals surface area (Å²) in [6.45, 7) is 0. The van der Waals surface area contributed by atoms with Gasteiger partial charge in [-0.25, -0.2) is 4.98 Å². The van der Waals surface area contributed by atoms with Crippen molar-refractivity contribution in [1.29, 1.82) is 0 Å². The molecule has 0 fully saturated rings. The fourth-order valence-electron chi connectivity index (χ4n) is 1.76. The lowest BCUT2D eigenvalue weighted by Gasteiger charge is -2.02. The Morgan fingerprint density at radius 1 is 0.667 bits per heavy atom. The summed E-state index contributed by atoms with van der Waals surface area (Å²) >= 11 is 0. The third kappa shape index (κ3) is 2.11. The fourth-order valence-corrected chi connectivity index (χ4v) is 1.76. The van der Waals surface area contributed by atoms with Crippen LogP contribution in [0.1, 0.15) is 0 Å². The summed E-state index contributed by atoms with van der Waals surface area (Å²) in [5, 5.41) is 8.10. The molecule has 0 spiro atoms. The van der Waals surface area contributed by atoms with E-state index in [0.717, 1.165) is 16.8 Å². The Hall–Kier alpha value is -2.55. The first kappa shape index (κ1) is 10.6. The molecular formula is C15H11N3. The number of benzene rings is 2. The molecule has 3 nitrogen and oxygen atoms in total. The summed E-state index contributed by atoms with van der Waals surface area (Å²) in [4.78, 5) is 4.54. The van der Waals surface area contributed by atoms with Gasteiger partial charge in [0, 0.05) is 11.1 Å². The van der Waals surface area contributed by atoms with E-state index >= 15 is 0 Å². The van der Waals surface area contributed by atoms with Gasteiger partial charge in [0.15, 0.2) is 5.82 Å². The summed E-state index contributed by atoms with van der Waals surface area (Å²) in [6, 6.07) is 19.8. The molecule has 0 unspecified atom stereocenters. The van der Waals surface area contributed by atoms with E-state index < -0.39 is 0 Å². The maximum absolute atomic E-state index is 4.54. The lowest BCUT2D eigenvalue weighted by Crippen LogP contribution is -1.94. The van der Waals surface area contributed by atoms with Crippen LogP contribution in [0.5, 0.6) is 0 Å². The Morgan fingerprint density at radius 2 is 1.28 bits per heavy atom. The molecule has 0 saturated carbocycles. The second-order valence-corrected chi connectivity index (χ2v) is 3.90. The van der Waals surface area contributed by atoms with Crippen molar-refractivity contribution in [2.45, 2.75) is 0 Å². The highest BCUT2D eigenvalue weighted by Crippen LogP contribution is 2.19. The van der Waals surface area contributed by atoms with Gasteiger partial charge in [-0.3, -0.25) is 0 Å². The second-order valence-electron chi connectivity index (χ2n) is 3.90. The van der Waals surface area contributed by atoms with E-state index in [1.165, 1.54) is 0 Å². The van der Waals surface area contributed by atoms with E-state index in [1.807, 2.05) is 60.7 Å². The minimum atomic E-state index is 0.650. The maximum atomic E-state index is 4.54. The molecule has 0 radical (unpaired) electrons. The Bertz CT molecular complexity index is 581. The van der Waals surface area contributed by atoms with Crippen molar-refractivity contribution in [3.63, 3.8) is 0 Å². The summed E-state index contributed by atoms with van der Waals surface area (Å²) in [7, 11) is 0. The predicted molar refractivity (Wildman–Crippen MR) is 70.7 cm³/mol. The smallest absolute Gasteiger partial charge is 0.182 e. The van der Waals surface area contributed by atoms with E-state index in [2.05, 4.69) is 15.2 Å². The van der Waals surface area contributed by atoms with Gasteiger partial charge >= 0.3 is 0 Å². The van der Waals surface area contributed by atoms with Crippen LogP contribution in [-0.4, -0.2) is 15.2 Å². The Morgan fingerprint density at radius 3 is 1.94 bits per heavy atom. The maximum Gasteiger partial charge on any atom is 0.182 e. The van der Waals surface area contributed by atoms with Crippen LogP contribution >= 0.6 is 0 Å². The van der Waals surface area contributed by atoms with Crippen LogP contribution in [0.15, 0.2) is 66.9 Å². The van der Waals surface area contributed by atoms with Crippen LogP contribution in [0, 0.1) is 0 Å². The summed E-state index contributed by atoms with van der Waals surface area (Å²) < 4.78 is 0. The van der Waals surface area contributed by atoms with Crippen LogP contribution in [0.3, 0.4) is 0 Å². The van der Waals surface area contributed by atoms with Crippen LogP contribution in [0.2, 0.25) is 0 Å². The van der Waals surface area contributed by atoms with Crippen molar-refractivity contribution in [1.82, 2.24) is 15.2 Å². The molecule has 18 heavy (non-hydrogen) atoms. The molecule has 3 rings (SSSR count). The van der Waals surface area contributed by atoms with Crippen LogP contribution in [-0.2, 0) is 0 Å². The monoisotopic (exact) mass is 233 g/mol. The molecule has 3 aromatic rings. The highest BCUT2D eigenvalue weighted by Gasteiger charge is 2.04. The van der Waals surface area contributed by atoms with E-state index in [4.69, 9.17) is 0 Å². The molecule has 3 heteroatoms. The van der Waals surface area contributed by atoms with Crippen molar-refractivity contribution >= 4 is 0 Å². The Kier molecular flexibility index (Phi) is 2.80. The molecule has 1 aromatic heterocycles. The highest BCUT2D eigenvalue weighted by molar-refractivity contribution is 5.62. The van der Waals surface area contributed by atoms with E-state index in [-0.39, 0.29) is 0 Å². The number of nitrogens with zero attached hydrogens (tertiary/aromatic N) is 3. The molecule has 0 aliphatic heterocycles. The van der Waals surface area contributed by atoms with Gasteiger partial charge in [0.1, 0.15) is 0 Å². The van der Waals surface area contributed by atoms with Gasteiger partial charge in [-0.2, -0.15) is 5.10 Å². The van der Waals surface area contributed by atoms with Crippen LogP contribution in [0.4, 0.5) is 0 Å². The predicted octanol–water partition coefficient (Wildman–Crippen LogP) is 3.21. The average molecular weight is 233 g/mol. The van der Waals surface area contributed by atoms with Gasteiger partial charge in [-0.1, -0.05) is 60.7 Å². The number of hydrogen-bond acceptors (Lipinski definition) is 3. The molecule has 0 saturated heterocycles. The first-order valence-electron chi connectivity index (χ1n) is 5.74. The lowest BCUT2D eigenvalue weighted by molar-refractivity contribution is 0.984. The average Bonchev–Trinajstić information content (AvgIpc) is 2.49. The molecule has 0 atom stereocenters. The topological polar surface area (TPSA) is 38.7 Å². The van der Waals surface area contributed by atoms with Crippen LogP contribution in [0.25, 0.3) is 22.6 Å². The quantitative estimate of drug-likeness (QED) is 0.682. The SMILES string of the molecule is c1ccc(-c2cnnc(-c3ccccc3)n2)cc1. The highest BCUT2D eigenvalue weighted by atomic mass is 15.1. The van der Waals surface area contributed by atoms with Gasteiger partial charge < -0.3 is 0 Å². The zero-order chi connectivity index (χ0) is 12.2. The Balaban J connectivity index is 2.05. The minimum Gasteiger partial charge on any atom is -0.225 e. The van der Waals surface area contributed by atoms with Crippen molar-refractivity contribution in [2.24, 2.45) is 0 Å². The molecule has 0 N–H and O–H groups in total. The molecule has 1 heterocycles. The summed E-state index contributed by atoms with van der Waals surface area (Å²) in [5.41, 5.74) is 2.86. The molecule has 0 aliphatic carbocycles. The van der Waals surface area contributed by atoms with Gasteiger partial charge in [0.2, 0.25) is 0 Å². The summed E-state index contributed by atoms with van der Waals surface area (Å²) in [5.74, 6) is 0.650. The van der Waals surface area contributed by atoms with Gasteiger partial charge in [0.25, 0.3) is 0 Å². The van der Waals surface area contributed by atoms with Crippen LogP contribution < -0.4 is 0 Å². The fraction of sp³-hybridized carbons (Fsp3) is 0. The van der Waals surface area contributed by atoms with Crippen molar-refractivity contribution in [3.8, 4) is 22.6 Å². The molecule has 86 valence electrons. The van der Waals surface area contributed by atoms with Crippen molar-refractivity contribution in [2.75, 3.05) is 0 Å². The van der Waals surface area contributed by atoms with E-state index in [0.29, 0.717) is 5.82 Å².